The van der Waals surface area contributed by atoms with Gasteiger partial charge in [0.25, 0.3) is 0 Å². The number of rotatable bonds is 1. The maximum atomic E-state index is 11.4. The number of hydrogen-bond donors (Lipinski definition) is 1. The zero-order valence-corrected chi connectivity index (χ0v) is 7.21. The molecule has 1 saturated heterocycles. The molecule has 3 heteroatoms. The number of nitrogens with two attached hydrogens (primary N) is 1. The Morgan fingerprint density at radius 3 is 2.82 bits per heavy atom. The molecule has 1 amide bonds. The van der Waals surface area contributed by atoms with Crippen molar-refractivity contribution in [2.45, 2.75) is 25.8 Å². The predicted molar refractivity (Wildman–Crippen MR) is 44.0 cm³/mol. The van der Waals surface area contributed by atoms with Gasteiger partial charge >= 0.3 is 0 Å². The molecule has 2 atom stereocenters. The van der Waals surface area contributed by atoms with Crippen molar-refractivity contribution < 1.29 is 4.79 Å². The third-order valence-corrected chi connectivity index (χ3v) is 2.58. The molecular formula is C8H16N2O. The summed E-state index contributed by atoms with van der Waals surface area (Å²) in [6, 6.07) is 0.394. The fourth-order valence-corrected chi connectivity index (χ4v) is 1.48. The Bertz CT molecular complexity index is 154. The Morgan fingerprint density at radius 1 is 1.64 bits per heavy atom. The molecule has 11 heavy (non-hydrogen) atoms. The summed E-state index contributed by atoms with van der Waals surface area (Å²) in [5.74, 6) is 0.294. The minimum Gasteiger partial charge on any atom is -0.343 e. The molecule has 0 aromatic carbocycles. The predicted octanol–water partition coefficient (Wildman–Crippen LogP) is 0.202. The van der Waals surface area contributed by atoms with Gasteiger partial charge in [0.1, 0.15) is 0 Å². The molecule has 0 aromatic rings. The summed E-state index contributed by atoms with van der Waals surface area (Å²) in [7, 11) is 1.86. The Labute approximate surface area is 67.5 Å². The second-order valence-electron chi connectivity index (χ2n) is 3.31. The molecule has 0 aliphatic carbocycles. The minimum absolute atomic E-state index is 0.0798. The van der Waals surface area contributed by atoms with Crippen molar-refractivity contribution in [3.05, 3.63) is 0 Å². The molecule has 0 spiro atoms. The summed E-state index contributed by atoms with van der Waals surface area (Å²) in [6.07, 6.45) is 2.05. The monoisotopic (exact) mass is 156 g/mol. The van der Waals surface area contributed by atoms with Crippen LogP contribution in [0.25, 0.3) is 0 Å². The average Bonchev–Trinajstić information content (AvgIpc) is 2.01. The lowest BCUT2D eigenvalue weighted by Gasteiger charge is -2.34. The van der Waals surface area contributed by atoms with E-state index in [1.54, 1.807) is 4.90 Å². The first kappa shape index (κ1) is 8.53. The highest BCUT2D eigenvalue weighted by Gasteiger charge is 2.29. The van der Waals surface area contributed by atoms with Gasteiger partial charge < -0.3 is 10.6 Å². The van der Waals surface area contributed by atoms with Gasteiger partial charge in [-0.15, -0.1) is 0 Å². The summed E-state index contributed by atoms with van der Waals surface area (Å²) in [5.41, 5.74) is 5.45. The molecule has 1 heterocycles. The summed E-state index contributed by atoms with van der Waals surface area (Å²) < 4.78 is 0. The van der Waals surface area contributed by atoms with Crippen LogP contribution in [0.2, 0.25) is 0 Å². The fraction of sp³-hybridized carbons (Fsp3) is 0.875. The molecule has 1 fully saturated rings. The average molecular weight is 156 g/mol. The lowest BCUT2D eigenvalue weighted by molar-refractivity contribution is -0.139. The van der Waals surface area contributed by atoms with Crippen molar-refractivity contribution in [1.82, 2.24) is 4.90 Å². The second kappa shape index (κ2) is 3.22. The van der Waals surface area contributed by atoms with E-state index in [2.05, 4.69) is 6.92 Å². The van der Waals surface area contributed by atoms with E-state index in [1.165, 1.54) is 0 Å². The van der Waals surface area contributed by atoms with E-state index in [1.807, 2.05) is 7.05 Å². The molecule has 0 saturated carbocycles. The van der Waals surface area contributed by atoms with Crippen LogP contribution in [0.3, 0.4) is 0 Å². The Hall–Kier alpha value is -0.570. The summed E-state index contributed by atoms with van der Waals surface area (Å²) in [5, 5.41) is 0. The molecule has 1 rings (SSSR count). The van der Waals surface area contributed by atoms with Gasteiger partial charge in [0.05, 0.1) is 5.92 Å². The van der Waals surface area contributed by atoms with Gasteiger partial charge in [-0.05, 0) is 19.8 Å². The smallest absolute Gasteiger partial charge is 0.226 e. The van der Waals surface area contributed by atoms with Crippen LogP contribution in [0, 0.1) is 5.92 Å². The summed E-state index contributed by atoms with van der Waals surface area (Å²) in [4.78, 5) is 13.2. The molecular weight excluding hydrogens is 140 g/mol. The summed E-state index contributed by atoms with van der Waals surface area (Å²) in [6.45, 7) is 2.57. The highest BCUT2D eigenvalue weighted by molar-refractivity contribution is 5.79. The zero-order chi connectivity index (χ0) is 8.43. The number of nitrogens with zero attached hydrogens (tertiary/aromatic N) is 1. The topological polar surface area (TPSA) is 46.3 Å². The molecule has 0 radical (unpaired) electrons. The lowest BCUT2D eigenvalue weighted by atomic mass is 9.93. The minimum atomic E-state index is 0.0798. The molecule has 0 aromatic heterocycles. The maximum Gasteiger partial charge on any atom is 0.226 e. The van der Waals surface area contributed by atoms with Crippen LogP contribution < -0.4 is 5.73 Å². The number of carbonyl (C=O) groups is 1. The lowest BCUT2D eigenvalue weighted by Crippen LogP contribution is -2.46. The van der Waals surface area contributed by atoms with E-state index in [4.69, 9.17) is 5.73 Å². The van der Waals surface area contributed by atoms with Gasteiger partial charge in [-0.1, -0.05) is 0 Å². The number of likely N-dealkylation sites (tertiary alicyclic amines) is 1. The number of amides is 1. The van der Waals surface area contributed by atoms with Crippen LogP contribution in [-0.4, -0.2) is 30.4 Å². The normalized spacial score (nSPS) is 32.6. The molecule has 1 aliphatic rings. The first-order chi connectivity index (χ1) is 5.16. The Kier molecular flexibility index (Phi) is 2.49. The van der Waals surface area contributed by atoms with Gasteiger partial charge in [0, 0.05) is 19.6 Å². The van der Waals surface area contributed by atoms with Crippen molar-refractivity contribution in [3.63, 3.8) is 0 Å². The van der Waals surface area contributed by atoms with E-state index in [0.29, 0.717) is 12.6 Å². The van der Waals surface area contributed by atoms with Crippen molar-refractivity contribution in [1.29, 1.82) is 0 Å². The standard InChI is InChI=1S/C8H16N2O/c1-6-3-4-7(5-9)8(11)10(6)2/h6-7H,3-5,9H2,1-2H3. The molecule has 2 unspecified atom stereocenters. The van der Waals surface area contributed by atoms with Crippen LogP contribution in [0.5, 0.6) is 0 Å². The van der Waals surface area contributed by atoms with Crippen molar-refractivity contribution >= 4 is 5.91 Å². The first-order valence-electron chi connectivity index (χ1n) is 4.13. The van der Waals surface area contributed by atoms with Gasteiger partial charge in [-0.25, -0.2) is 0 Å². The third kappa shape index (κ3) is 1.53. The third-order valence-electron chi connectivity index (χ3n) is 2.58. The van der Waals surface area contributed by atoms with Crippen molar-refractivity contribution in [2.75, 3.05) is 13.6 Å². The van der Waals surface area contributed by atoms with Gasteiger partial charge in [-0.2, -0.15) is 0 Å². The van der Waals surface area contributed by atoms with Gasteiger partial charge in [0.2, 0.25) is 5.91 Å². The van der Waals surface area contributed by atoms with Crippen LogP contribution in [-0.2, 0) is 4.79 Å². The van der Waals surface area contributed by atoms with Crippen molar-refractivity contribution in [2.24, 2.45) is 11.7 Å². The van der Waals surface area contributed by atoms with E-state index in [9.17, 15) is 4.79 Å². The van der Waals surface area contributed by atoms with Crippen LogP contribution in [0.4, 0.5) is 0 Å². The van der Waals surface area contributed by atoms with Crippen LogP contribution in [0.15, 0.2) is 0 Å². The molecule has 2 N–H and O–H groups in total. The summed E-state index contributed by atoms with van der Waals surface area (Å²) >= 11 is 0. The fourth-order valence-electron chi connectivity index (χ4n) is 1.48. The molecule has 3 nitrogen and oxygen atoms in total. The van der Waals surface area contributed by atoms with E-state index >= 15 is 0 Å². The molecule has 1 aliphatic heterocycles. The first-order valence-corrected chi connectivity index (χ1v) is 4.13. The highest BCUT2D eigenvalue weighted by Crippen LogP contribution is 2.20. The quantitative estimate of drug-likeness (QED) is 0.589. The van der Waals surface area contributed by atoms with E-state index in [0.717, 1.165) is 12.8 Å². The SMILES string of the molecule is CC1CCC(CN)C(=O)N1C. The second-order valence-corrected chi connectivity index (χ2v) is 3.31. The number of piperidine rings is 1. The molecule has 64 valence electrons. The largest absolute Gasteiger partial charge is 0.343 e. The van der Waals surface area contributed by atoms with Gasteiger partial charge in [-0.3, -0.25) is 4.79 Å². The number of carbonyl (C=O) groups excluding carboxylic acids is 1. The van der Waals surface area contributed by atoms with E-state index < -0.39 is 0 Å². The Balaban J connectivity index is 2.59. The van der Waals surface area contributed by atoms with Crippen LogP contribution in [0.1, 0.15) is 19.8 Å². The Morgan fingerprint density at radius 2 is 2.27 bits per heavy atom. The molecule has 0 bridgehead atoms. The zero-order valence-electron chi connectivity index (χ0n) is 7.21. The van der Waals surface area contributed by atoms with Gasteiger partial charge in [0.15, 0.2) is 0 Å². The van der Waals surface area contributed by atoms with E-state index in [-0.39, 0.29) is 11.8 Å². The van der Waals surface area contributed by atoms with Crippen LogP contribution >= 0.6 is 0 Å². The van der Waals surface area contributed by atoms with Crippen molar-refractivity contribution in [3.8, 4) is 0 Å². The maximum absolute atomic E-state index is 11.4. The number of hydrogen-bond acceptors (Lipinski definition) is 2. The highest BCUT2D eigenvalue weighted by atomic mass is 16.2.